The summed E-state index contributed by atoms with van der Waals surface area (Å²) < 4.78 is 33.8. The highest BCUT2D eigenvalue weighted by Crippen LogP contribution is 2.29. The summed E-state index contributed by atoms with van der Waals surface area (Å²) in [4.78, 5) is 0. The Morgan fingerprint density at radius 2 is 1.62 bits per heavy atom. The molecule has 6 nitrogen and oxygen atoms in total. The molecule has 7 heteroatoms. The van der Waals surface area contributed by atoms with Gasteiger partial charge in [-0.2, -0.15) is 4.31 Å². The summed E-state index contributed by atoms with van der Waals surface area (Å²) >= 11 is 0. The first-order valence-corrected chi connectivity index (χ1v) is 11.2. The minimum atomic E-state index is -3.49. The number of hydrogen-bond donors (Lipinski definition) is 1. The maximum absolute atomic E-state index is 12.6. The van der Waals surface area contributed by atoms with Gasteiger partial charge in [-0.15, -0.1) is 0 Å². The van der Waals surface area contributed by atoms with E-state index in [2.05, 4.69) is 16.7 Å². The molecule has 2 aromatic heterocycles. The number of para-hydroxylation sites is 2. The second kappa shape index (κ2) is 8.02. The number of aliphatic hydroxyl groups excluding tert-OH is 1. The van der Waals surface area contributed by atoms with Gasteiger partial charge in [-0.1, -0.05) is 36.4 Å². The lowest BCUT2D eigenvalue weighted by molar-refractivity contribution is 0.126. The van der Waals surface area contributed by atoms with Crippen LogP contribution in [0.1, 0.15) is 12.7 Å². The van der Waals surface area contributed by atoms with Crippen LogP contribution in [-0.2, 0) is 23.1 Å². The van der Waals surface area contributed by atoms with E-state index in [1.165, 1.54) is 10.6 Å². The summed E-state index contributed by atoms with van der Waals surface area (Å²) in [6.45, 7) is 2.00. The van der Waals surface area contributed by atoms with Crippen LogP contribution in [-0.4, -0.2) is 40.8 Å². The minimum Gasteiger partial charge on any atom is -0.468 e. The Labute approximate surface area is 170 Å². The van der Waals surface area contributed by atoms with Crippen molar-refractivity contribution in [3.05, 3.63) is 72.7 Å². The first-order chi connectivity index (χ1) is 14.0. The lowest BCUT2D eigenvalue weighted by atomic mass is 10.2. The van der Waals surface area contributed by atoms with Crippen molar-refractivity contribution in [2.24, 2.45) is 0 Å². The zero-order valence-corrected chi connectivity index (χ0v) is 17.0. The fourth-order valence-corrected chi connectivity index (χ4v) is 4.83. The first-order valence-electron chi connectivity index (χ1n) is 9.64. The van der Waals surface area contributed by atoms with Crippen LogP contribution in [0, 0.1) is 0 Å². The predicted molar refractivity (Wildman–Crippen MR) is 114 cm³/mol. The Morgan fingerprint density at radius 3 is 2.17 bits per heavy atom. The lowest BCUT2D eigenvalue weighted by Gasteiger charge is -2.24. The van der Waals surface area contributed by atoms with E-state index in [9.17, 15) is 13.5 Å². The van der Waals surface area contributed by atoms with Gasteiger partial charge in [0.1, 0.15) is 5.76 Å². The SMILES string of the molecule is CCS(=O)(=O)N(Cc1ccco1)CC(O)Cn1c2ccccc2c2ccccc21. The van der Waals surface area contributed by atoms with Gasteiger partial charge in [0.25, 0.3) is 0 Å². The highest BCUT2D eigenvalue weighted by atomic mass is 32.2. The number of fused-ring (bicyclic) bond motifs is 3. The van der Waals surface area contributed by atoms with E-state index in [0.29, 0.717) is 12.3 Å². The molecule has 0 saturated heterocycles. The molecule has 1 unspecified atom stereocenters. The van der Waals surface area contributed by atoms with Crippen LogP contribution >= 0.6 is 0 Å². The predicted octanol–water partition coefficient (Wildman–Crippen LogP) is 3.60. The van der Waals surface area contributed by atoms with Gasteiger partial charge < -0.3 is 14.1 Å². The van der Waals surface area contributed by atoms with Crippen molar-refractivity contribution in [2.75, 3.05) is 12.3 Å². The number of aromatic nitrogens is 1. The maximum Gasteiger partial charge on any atom is 0.214 e. The molecule has 29 heavy (non-hydrogen) atoms. The van der Waals surface area contributed by atoms with E-state index in [1.54, 1.807) is 19.1 Å². The highest BCUT2D eigenvalue weighted by molar-refractivity contribution is 7.89. The number of nitrogens with zero attached hydrogens (tertiary/aromatic N) is 2. The van der Waals surface area contributed by atoms with E-state index >= 15 is 0 Å². The van der Waals surface area contributed by atoms with E-state index in [4.69, 9.17) is 4.42 Å². The van der Waals surface area contributed by atoms with Crippen molar-refractivity contribution in [2.45, 2.75) is 26.1 Å². The van der Waals surface area contributed by atoms with Gasteiger partial charge >= 0.3 is 0 Å². The van der Waals surface area contributed by atoms with Gasteiger partial charge in [0, 0.05) is 28.4 Å². The zero-order chi connectivity index (χ0) is 20.4. The Hall–Kier alpha value is -2.61. The quantitative estimate of drug-likeness (QED) is 0.480. The van der Waals surface area contributed by atoms with Crippen LogP contribution in [0.2, 0.25) is 0 Å². The molecule has 0 radical (unpaired) electrons. The summed E-state index contributed by atoms with van der Waals surface area (Å²) in [7, 11) is -3.49. The smallest absolute Gasteiger partial charge is 0.214 e. The summed E-state index contributed by atoms with van der Waals surface area (Å²) in [6, 6.07) is 19.5. The van der Waals surface area contributed by atoms with E-state index in [-0.39, 0.29) is 18.8 Å². The monoisotopic (exact) mass is 412 g/mol. The average molecular weight is 413 g/mol. The molecule has 1 N–H and O–H groups in total. The van der Waals surface area contributed by atoms with Crippen LogP contribution < -0.4 is 0 Å². The number of benzene rings is 2. The van der Waals surface area contributed by atoms with Gasteiger partial charge in [-0.05, 0) is 31.2 Å². The largest absolute Gasteiger partial charge is 0.468 e. The standard InChI is InChI=1S/C22H24N2O4S/c1-2-29(26,27)23(16-18-8-7-13-28-18)14-17(25)15-24-21-11-5-3-9-19(21)20-10-4-6-12-22(20)24/h3-13,17,25H,2,14-16H2,1H3. The Bertz CT molecular complexity index is 1160. The van der Waals surface area contributed by atoms with Crippen molar-refractivity contribution in [3.63, 3.8) is 0 Å². The van der Waals surface area contributed by atoms with E-state index in [0.717, 1.165) is 21.8 Å². The third kappa shape index (κ3) is 3.94. The minimum absolute atomic E-state index is 0.00227. The van der Waals surface area contributed by atoms with E-state index in [1.807, 2.05) is 36.4 Å². The maximum atomic E-state index is 12.6. The molecule has 0 saturated carbocycles. The number of sulfonamides is 1. The molecular weight excluding hydrogens is 388 g/mol. The highest BCUT2D eigenvalue weighted by Gasteiger charge is 2.25. The molecule has 0 spiro atoms. The van der Waals surface area contributed by atoms with Crippen LogP contribution in [0.4, 0.5) is 0 Å². The number of rotatable bonds is 8. The van der Waals surface area contributed by atoms with Crippen LogP contribution in [0.25, 0.3) is 21.8 Å². The van der Waals surface area contributed by atoms with Crippen LogP contribution in [0.15, 0.2) is 71.3 Å². The Kier molecular flexibility index (Phi) is 5.45. The van der Waals surface area contributed by atoms with Gasteiger partial charge in [0.2, 0.25) is 10.0 Å². The second-order valence-corrected chi connectivity index (χ2v) is 9.33. The third-order valence-electron chi connectivity index (χ3n) is 5.16. The fourth-order valence-electron chi connectivity index (χ4n) is 3.74. The zero-order valence-electron chi connectivity index (χ0n) is 16.2. The number of furan rings is 1. The normalized spacial score (nSPS) is 13.5. The van der Waals surface area contributed by atoms with Crippen molar-refractivity contribution >= 4 is 31.8 Å². The molecule has 2 heterocycles. The van der Waals surface area contributed by atoms with Crippen molar-refractivity contribution in [1.82, 2.24) is 8.87 Å². The van der Waals surface area contributed by atoms with E-state index < -0.39 is 16.1 Å². The summed E-state index contributed by atoms with van der Waals surface area (Å²) in [5.41, 5.74) is 2.03. The fraction of sp³-hybridized carbons (Fsp3) is 0.273. The summed E-state index contributed by atoms with van der Waals surface area (Å²) in [5, 5.41) is 13.1. The first kappa shape index (κ1) is 19.7. The molecule has 4 rings (SSSR count). The van der Waals surface area contributed by atoms with Gasteiger partial charge in [0.05, 0.1) is 31.2 Å². The molecule has 0 amide bonds. The second-order valence-electron chi connectivity index (χ2n) is 7.07. The number of aliphatic hydroxyl groups is 1. The molecule has 0 fully saturated rings. The molecular formula is C22H24N2O4S. The Balaban J connectivity index is 1.63. The van der Waals surface area contributed by atoms with Crippen molar-refractivity contribution in [3.8, 4) is 0 Å². The molecule has 0 aliphatic heterocycles. The van der Waals surface area contributed by atoms with Gasteiger partial charge in [-0.3, -0.25) is 0 Å². The molecule has 0 aliphatic carbocycles. The molecule has 0 aliphatic rings. The molecule has 1 atom stereocenters. The molecule has 4 aromatic rings. The van der Waals surface area contributed by atoms with Crippen LogP contribution in [0.3, 0.4) is 0 Å². The summed E-state index contributed by atoms with van der Waals surface area (Å²) in [5.74, 6) is 0.515. The lowest BCUT2D eigenvalue weighted by Crippen LogP contribution is -2.39. The Morgan fingerprint density at radius 1 is 1.00 bits per heavy atom. The molecule has 2 aromatic carbocycles. The third-order valence-corrected chi connectivity index (χ3v) is 6.95. The number of hydrogen-bond acceptors (Lipinski definition) is 4. The van der Waals surface area contributed by atoms with Gasteiger partial charge in [0.15, 0.2) is 0 Å². The topological polar surface area (TPSA) is 75.7 Å². The van der Waals surface area contributed by atoms with Crippen molar-refractivity contribution < 1.29 is 17.9 Å². The van der Waals surface area contributed by atoms with Crippen molar-refractivity contribution in [1.29, 1.82) is 0 Å². The summed E-state index contributed by atoms with van der Waals surface area (Å²) in [6.07, 6.45) is 0.645. The van der Waals surface area contributed by atoms with Crippen LogP contribution in [0.5, 0.6) is 0 Å². The molecule has 152 valence electrons. The average Bonchev–Trinajstić information content (AvgIpc) is 3.35. The molecule has 0 bridgehead atoms. The van der Waals surface area contributed by atoms with Gasteiger partial charge in [-0.25, -0.2) is 8.42 Å².